The quantitative estimate of drug-likeness (QED) is 0.646. The summed E-state index contributed by atoms with van der Waals surface area (Å²) in [5, 5.41) is 2.46. The summed E-state index contributed by atoms with van der Waals surface area (Å²) in [6.45, 7) is 2.00. The summed E-state index contributed by atoms with van der Waals surface area (Å²) in [5.41, 5.74) is 1.79. The van der Waals surface area contributed by atoms with Crippen molar-refractivity contribution in [3.8, 4) is 0 Å². The van der Waals surface area contributed by atoms with Gasteiger partial charge in [-0.05, 0) is 55.5 Å². The summed E-state index contributed by atoms with van der Waals surface area (Å²) in [7, 11) is 2.90. The Kier molecular flexibility index (Phi) is 7.83. The van der Waals surface area contributed by atoms with E-state index in [1.165, 1.54) is 23.8 Å². The van der Waals surface area contributed by atoms with Gasteiger partial charge >= 0.3 is 11.9 Å². The van der Waals surface area contributed by atoms with E-state index in [4.69, 9.17) is 4.74 Å². The zero-order valence-electron chi connectivity index (χ0n) is 18.4. The lowest BCUT2D eigenvalue weighted by atomic mass is 10.2. The molecule has 1 aliphatic rings. The summed E-state index contributed by atoms with van der Waals surface area (Å²) >= 11 is 1.17. The first-order valence-corrected chi connectivity index (χ1v) is 11.0. The molecule has 33 heavy (non-hydrogen) atoms. The standard InChI is InChI=1S/C23H23N3O6S/c1-4-32-22(30)15-7-9-16(10-8-15)24-20(28)18-13-19(27)26(2)23(33-18)25-17-11-5-14(6-12-17)21(29)31-3/h5-12,18H,4,13H2,1-3H3,(H,24,28)/t18-/m0/s1. The fraction of sp³-hybridized carbons (Fsp3) is 0.261. The maximum atomic E-state index is 12.8. The minimum atomic E-state index is -0.675. The average Bonchev–Trinajstić information content (AvgIpc) is 2.82. The third-order valence-electron chi connectivity index (χ3n) is 4.74. The fourth-order valence-electron chi connectivity index (χ4n) is 2.92. The monoisotopic (exact) mass is 469 g/mol. The van der Waals surface area contributed by atoms with Crippen molar-refractivity contribution in [1.29, 1.82) is 0 Å². The number of nitrogens with one attached hydrogen (secondary N) is 1. The number of amides is 2. The Labute approximate surface area is 195 Å². The molecule has 1 aliphatic heterocycles. The van der Waals surface area contributed by atoms with Gasteiger partial charge in [0.2, 0.25) is 11.8 Å². The van der Waals surface area contributed by atoms with E-state index in [1.807, 2.05) is 0 Å². The zero-order chi connectivity index (χ0) is 24.0. The fourth-order valence-corrected chi connectivity index (χ4v) is 3.99. The molecule has 1 atom stereocenters. The van der Waals surface area contributed by atoms with Crippen LogP contribution < -0.4 is 5.32 Å². The third-order valence-corrected chi connectivity index (χ3v) is 5.98. The molecule has 9 nitrogen and oxygen atoms in total. The Morgan fingerprint density at radius 2 is 1.67 bits per heavy atom. The number of ether oxygens (including phenoxy) is 2. The third kappa shape index (κ3) is 5.98. The van der Waals surface area contributed by atoms with Gasteiger partial charge in [0.1, 0.15) is 5.25 Å². The molecule has 3 rings (SSSR count). The second kappa shape index (κ2) is 10.8. The Bertz CT molecular complexity index is 1080. The van der Waals surface area contributed by atoms with Crippen molar-refractivity contribution in [2.45, 2.75) is 18.6 Å². The number of nitrogens with zero attached hydrogens (tertiary/aromatic N) is 2. The number of rotatable bonds is 6. The van der Waals surface area contributed by atoms with Crippen LogP contribution in [0.15, 0.2) is 53.5 Å². The molecule has 0 aliphatic carbocycles. The summed E-state index contributed by atoms with van der Waals surface area (Å²) in [4.78, 5) is 54.5. The summed E-state index contributed by atoms with van der Waals surface area (Å²) in [6, 6.07) is 12.7. The van der Waals surface area contributed by atoms with Crippen LogP contribution in [0.2, 0.25) is 0 Å². The van der Waals surface area contributed by atoms with E-state index in [1.54, 1.807) is 62.5 Å². The molecule has 10 heteroatoms. The van der Waals surface area contributed by atoms with E-state index >= 15 is 0 Å². The summed E-state index contributed by atoms with van der Waals surface area (Å²) in [5.74, 6) is -1.48. The van der Waals surface area contributed by atoms with Crippen molar-refractivity contribution in [3.63, 3.8) is 0 Å². The van der Waals surface area contributed by atoms with Gasteiger partial charge in [-0.2, -0.15) is 0 Å². The normalized spacial score (nSPS) is 16.9. The van der Waals surface area contributed by atoms with Crippen LogP contribution >= 0.6 is 11.8 Å². The van der Waals surface area contributed by atoms with E-state index in [0.717, 1.165) is 0 Å². The van der Waals surface area contributed by atoms with E-state index in [0.29, 0.717) is 27.7 Å². The topological polar surface area (TPSA) is 114 Å². The van der Waals surface area contributed by atoms with Crippen LogP contribution in [0.3, 0.4) is 0 Å². The molecule has 172 valence electrons. The highest BCUT2D eigenvalue weighted by Crippen LogP contribution is 2.29. The first-order valence-electron chi connectivity index (χ1n) is 10.1. The van der Waals surface area contributed by atoms with Crippen LogP contribution in [0, 0.1) is 0 Å². The molecular weight excluding hydrogens is 446 g/mol. The van der Waals surface area contributed by atoms with E-state index in [9.17, 15) is 19.2 Å². The van der Waals surface area contributed by atoms with Gasteiger partial charge in [-0.15, -0.1) is 0 Å². The van der Waals surface area contributed by atoms with E-state index < -0.39 is 17.2 Å². The molecule has 0 bridgehead atoms. The second-order valence-corrected chi connectivity index (χ2v) is 8.15. The maximum absolute atomic E-state index is 12.8. The number of aliphatic imine (C=N–C) groups is 1. The zero-order valence-corrected chi connectivity index (χ0v) is 19.2. The van der Waals surface area contributed by atoms with Crippen LogP contribution in [0.5, 0.6) is 0 Å². The van der Waals surface area contributed by atoms with E-state index in [2.05, 4.69) is 15.0 Å². The minimum absolute atomic E-state index is 0.0220. The second-order valence-electron chi connectivity index (χ2n) is 6.98. The Morgan fingerprint density at radius 3 is 2.27 bits per heavy atom. The largest absolute Gasteiger partial charge is 0.465 e. The number of thioether (sulfide) groups is 1. The Balaban J connectivity index is 1.70. The van der Waals surface area contributed by atoms with Gasteiger partial charge in [-0.3, -0.25) is 14.5 Å². The first kappa shape index (κ1) is 24.0. The van der Waals surface area contributed by atoms with Gasteiger partial charge in [0.25, 0.3) is 0 Å². The predicted molar refractivity (Wildman–Crippen MR) is 125 cm³/mol. The van der Waals surface area contributed by atoms with Gasteiger partial charge in [-0.1, -0.05) is 11.8 Å². The lowest BCUT2D eigenvalue weighted by Gasteiger charge is -2.28. The summed E-state index contributed by atoms with van der Waals surface area (Å²) in [6.07, 6.45) is 0.0220. The van der Waals surface area contributed by atoms with Gasteiger partial charge < -0.3 is 14.8 Å². The molecule has 0 spiro atoms. The smallest absolute Gasteiger partial charge is 0.338 e. The summed E-state index contributed by atoms with van der Waals surface area (Å²) < 4.78 is 9.62. The molecule has 1 saturated heterocycles. The van der Waals surface area contributed by atoms with Crippen molar-refractivity contribution >= 4 is 52.1 Å². The molecule has 0 aromatic heterocycles. The number of methoxy groups -OCH3 is 1. The van der Waals surface area contributed by atoms with Crippen LogP contribution in [0.25, 0.3) is 0 Å². The van der Waals surface area contributed by atoms with Crippen LogP contribution in [-0.2, 0) is 19.1 Å². The van der Waals surface area contributed by atoms with Crippen LogP contribution in [0.4, 0.5) is 11.4 Å². The molecule has 2 aromatic carbocycles. The highest BCUT2D eigenvalue weighted by atomic mass is 32.2. The molecule has 1 N–H and O–H groups in total. The van der Waals surface area contributed by atoms with Crippen LogP contribution in [0.1, 0.15) is 34.1 Å². The lowest BCUT2D eigenvalue weighted by Crippen LogP contribution is -2.43. The molecule has 1 heterocycles. The van der Waals surface area contributed by atoms with Gasteiger partial charge in [0.05, 0.1) is 30.5 Å². The van der Waals surface area contributed by atoms with Crippen molar-refractivity contribution in [1.82, 2.24) is 4.90 Å². The first-order chi connectivity index (χ1) is 15.8. The molecule has 0 unspecified atom stereocenters. The highest BCUT2D eigenvalue weighted by Gasteiger charge is 2.34. The molecule has 1 fully saturated rings. The van der Waals surface area contributed by atoms with Crippen LogP contribution in [-0.4, -0.2) is 59.8 Å². The number of carbonyl (C=O) groups excluding carboxylic acids is 4. The molecule has 2 aromatic rings. The molecular formula is C23H23N3O6S. The Morgan fingerprint density at radius 1 is 1.06 bits per heavy atom. The molecule has 2 amide bonds. The average molecular weight is 470 g/mol. The number of amidine groups is 1. The highest BCUT2D eigenvalue weighted by molar-refractivity contribution is 8.15. The van der Waals surface area contributed by atoms with Crippen molar-refractivity contribution in [2.75, 3.05) is 26.1 Å². The van der Waals surface area contributed by atoms with E-state index in [-0.39, 0.29) is 24.8 Å². The van der Waals surface area contributed by atoms with Crippen molar-refractivity contribution in [2.24, 2.45) is 4.99 Å². The number of anilines is 1. The number of carbonyl (C=O) groups is 4. The van der Waals surface area contributed by atoms with Gasteiger partial charge in [-0.25, -0.2) is 14.6 Å². The minimum Gasteiger partial charge on any atom is -0.465 e. The van der Waals surface area contributed by atoms with Crippen molar-refractivity contribution < 1.29 is 28.7 Å². The van der Waals surface area contributed by atoms with Gasteiger partial charge in [0.15, 0.2) is 5.17 Å². The molecule has 0 radical (unpaired) electrons. The Hall–Kier alpha value is -3.66. The molecule has 0 saturated carbocycles. The number of hydrogen-bond donors (Lipinski definition) is 1. The van der Waals surface area contributed by atoms with Crippen molar-refractivity contribution in [3.05, 3.63) is 59.7 Å². The number of esters is 2. The lowest BCUT2D eigenvalue weighted by molar-refractivity contribution is -0.128. The van der Waals surface area contributed by atoms with Gasteiger partial charge in [0, 0.05) is 19.2 Å². The predicted octanol–water partition coefficient (Wildman–Crippen LogP) is 3.24. The number of hydrogen-bond acceptors (Lipinski definition) is 8. The number of benzene rings is 2. The maximum Gasteiger partial charge on any atom is 0.338 e. The SMILES string of the molecule is CCOC(=O)c1ccc(NC(=O)[C@@H]2CC(=O)N(C)C(=Nc3ccc(C(=O)OC)cc3)S2)cc1.